The Labute approximate surface area is 132 Å². The van der Waals surface area contributed by atoms with E-state index >= 15 is 0 Å². The number of nitrogens with one attached hydrogen (secondary N) is 1. The van der Waals surface area contributed by atoms with Crippen LogP contribution in [0.5, 0.6) is 0 Å². The maximum atomic E-state index is 13.7. The van der Waals surface area contributed by atoms with E-state index < -0.39 is 0 Å². The minimum Gasteiger partial charge on any atom is -0.310 e. The van der Waals surface area contributed by atoms with E-state index in [1.807, 2.05) is 17.4 Å². The lowest BCUT2D eigenvalue weighted by Crippen LogP contribution is -2.22. The molecule has 0 saturated heterocycles. The lowest BCUT2D eigenvalue weighted by Gasteiger charge is -2.18. The predicted molar refractivity (Wildman–Crippen MR) is 87.9 cm³/mol. The number of aryl methyl sites for hydroxylation is 1. The van der Waals surface area contributed by atoms with Gasteiger partial charge >= 0.3 is 0 Å². The molecule has 0 aliphatic rings. The van der Waals surface area contributed by atoms with Crippen molar-refractivity contribution in [3.63, 3.8) is 0 Å². The zero-order chi connectivity index (χ0) is 14.5. The van der Waals surface area contributed by atoms with Gasteiger partial charge in [0.2, 0.25) is 0 Å². The maximum Gasteiger partial charge on any atom is 0.137 e. The Kier molecular flexibility index (Phi) is 5.75. The summed E-state index contributed by atoms with van der Waals surface area (Å²) in [4.78, 5) is 2.74. The molecule has 0 bridgehead atoms. The van der Waals surface area contributed by atoms with Gasteiger partial charge in [0.1, 0.15) is 5.82 Å². The summed E-state index contributed by atoms with van der Waals surface area (Å²) in [6.45, 7) is 5.12. The molecule has 0 amide bonds. The van der Waals surface area contributed by atoms with Gasteiger partial charge in [0.05, 0.1) is 4.47 Å². The normalized spacial score (nSPS) is 12.6. The molecular weight excluding hydrogens is 337 g/mol. The van der Waals surface area contributed by atoms with Crippen LogP contribution in [-0.4, -0.2) is 6.54 Å². The van der Waals surface area contributed by atoms with E-state index in [1.165, 1.54) is 9.75 Å². The van der Waals surface area contributed by atoms with Crippen molar-refractivity contribution >= 4 is 27.3 Å². The van der Waals surface area contributed by atoms with Crippen molar-refractivity contribution in [2.45, 2.75) is 32.7 Å². The third-order valence-corrected chi connectivity index (χ3v) is 5.16. The zero-order valence-electron chi connectivity index (χ0n) is 11.7. The molecule has 2 aromatic rings. The van der Waals surface area contributed by atoms with Crippen molar-refractivity contribution in [2.24, 2.45) is 0 Å². The van der Waals surface area contributed by atoms with Crippen molar-refractivity contribution in [2.75, 3.05) is 6.54 Å². The van der Waals surface area contributed by atoms with Crippen LogP contribution in [0, 0.1) is 5.82 Å². The lowest BCUT2D eigenvalue weighted by molar-refractivity contribution is 0.545. The van der Waals surface area contributed by atoms with Crippen LogP contribution in [0.1, 0.15) is 35.2 Å². The number of hydrogen-bond acceptors (Lipinski definition) is 2. The van der Waals surface area contributed by atoms with Crippen LogP contribution in [0.4, 0.5) is 4.39 Å². The van der Waals surface area contributed by atoms with Gasteiger partial charge in [-0.25, -0.2) is 4.39 Å². The van der Waals surface area contributed by atoms with Gasteiger partial charge in [-0.2, -0.15) is 0 Å². The molecule has 0 aliphatic carbocycles. The molecule has 1 atom stereocenters. The molecule has 4 heteroatoms. The van der Waals surface area contributed by atoms with Gasteiger partial charge in [0.25, 0.3) is 0 Å². The zero-order valence-corrected chi connectivity index (χ0v) is 14.2. The van der Waals surface area contributed by atoms with Crippen LogP contribution >= 0.6 is 27.3 Å². The van der Waals surface area contributed by atoms with Gasteiger partial charge in [-0.15, -0.1) is 11.3 Å². The van der Waals surface area contributed by atoms with E-state index in [2.05, 4.69) is 47.2 Å². The van der Waals surface area contributed by atoms with E-state index in [0.717, 1.165) is 24.9 Å². The van der Waals surface area contributed by atoms with Crippen molar-refractivity contribution in [3.8, 4) is 0 Å². The fourth-order valence-electron chi connectivity index (χ4n) is 2.21. The minimum absolute atomic E-state index is 0.158. The summed E-state index contributed by atoms with van der Waals surface area (Å²) >= 11 is 5.05. The van der Waals surface area contributed by atoms with Crippen LogP contribution in [0.15, 0.2) is 34.8 Å². The van der Waals surface area contributed by atoms with Crippen LogP contribution in [0.2, 0.25) is 0 Å². The first-order valence-electron chi connectivity index (χ1n) is 6.90. The second kappa shape index (κ2) is 7.34. The van der Waals surface area contributed by atoms with Gasteiger partial charge in [0, 0.05) is 22.2 Å². The monoisotopic (exact) mass is 355 g/mol. The van der Waals surface area contributed by atoms with Crippen LogP contribution in [0.3, 0.4) is 0 Å². The number of rotatable bonds is 6. The molecule has 1 heterocycles. The summed E-state index contributed by atoms with van der Waals surface area (Å²) in [6, 6.07) is 9.90. The maximum absolute atomic E-state index is 13.7. The molecule has 108 valence electrons. The largest absolute Gasteiger partial charge is 0.310 e. The minimum atomic E-state index is -0.203. The first kappa shape index (κ1) is 15.7. The average molecular weight is 356 g/mol. The third-order valence-electron chi connectivity index (χ3n) is 3.27. The van der Waals surface area contributed by atoms with Gasteiger partial charge in [-0.05, 0) is 58.7 Å². The molecule has 1 unspecified atom stereocenters. The number of hydrogen-bond donors (Lipinski definition) is 1. The Bertz CT molecular complexity index is 567. The second-order valence-electron chi connectivity index (χ2n) is 4.71. The van der Waals surface area contributed by atoms with Crippen molar-refractivity contribution in [1.29, 1.82) is 0 Å². The number of likely N-dealkylation sites (N-methyl/N-ethyl adjacent to an activating group) is 1. The Hall–Kier alpha value is -0.710. The van der Waals surface area contributed by atoms with E-state index in [-0.39, 0.29) is 11.9 Å². The molecule has 0 fully saturated rings. The predicted octanol–water partition coefficient (Wildman–Crippen LogP) is 5.11. The first-order valence-corrected chi connectivity index (χ1v) is 8.50. The van der Waals surface area contributed by atoms with Gasteiger partial charge in [-0.1, -0.05) is 19.9 Å². The molecule has 1 aromatic carbocycles. The van der Waals surface area contributed by atoms with E-state index in [1.54, 1.807) is 12.1 Å². The highest BCUT2D eigenvalue weighted by atomic mass is 79.9. The fraction of sp³-hybridized carbons (Fsp3) is 0.375. The van der Waals surface area contributed by atoms with Crippen molar-refractivity contribution < 1.29 is 4.39 Å². The smallest absolute Gasteiger partial charge is 0.137 e. The number of thiophene rings is 1. The Morgan fingerprint density at radius 2 is 1.95 bits per heavy atom. The summed E-state index contributed by atoms with van der Waals surface area (Å²) in [5.41, 5.74) is 0.999. The average Bonchev–Trinajstić information content (AvgIpc) is 2.89. The summed E-state index contributed by atoms with van der Waals surface area (Å²) in [6.07, 6.45) is 1.98. The molecule has 2 rings (SSSR count). The molecular formula is C16H19BrFNS. The van der Waals surface area contributed by atoms with Crippen molar-refractivity contribution in [1.82, 2.24) is 5.32 Å². The summed E-state index contributed by atoms with van der Waals surface area (Å²) in [5.74, 6) is -0.203. The van der Waals surface area contributed by atoms with E-state index in [4.69, 9.17) is 0 Å². The Morgan fingerprint density at radius 3 is 2.55 bits per heavy atom. The lowest BCUT2D eigenvalue weighted by atomic mass is 10.0. The standard InChI is InChI=1S/C16H19BrFNS/c1-3-12-6-7-13(20-12)10-16(19-4-2)11-5-8-14(17)15(18)9-11/h5-9,16,19H,3-4,10H2,1-2H3. The van der Waals surface area contributed by atoms with Gasteiger partial charge < -0.3 is 5.32 Å². The number of halogens is 2. The highest BCUT2D eigenvalue weighted by molar-refractivity contribution is 9.10. The van der Waals surface area contributed by atoms with Crippen molar-refractivity contribution in [3.05, 3.63) is 55.9 Å². The summed E-state index contributed by atoms with van der Waals surface area (Å²) in [7, 11) is 0. The molecule has 20 heavy (non-hydrogen) atoms. The van der Waals surface area contributed by atoms with E-state index in [0.29, 0.717) is 4.47 Å². The molecule has 0 spiro atoms. The van der Waals surface area contributed by atoms with E-state index in [9.17, 15) is 4.39 Å². The SMILES string of the molecule is CCNC(Cc1ccc(CC)s1)c1ccc(Br)c(F)c1. The highest BCUT2D eigenvalue weighted by Crippen LogP contribution is 2.26. The van der Waals surface area contributed by atoms with Crippen LogP contribution in [-0.2, 0) is 12.8 Å². The second-order valence-corrected chi connectivity index (χ2v) is 6.82. The summed E-state index contributed by atoms with van der Waals surface area (Å²) < 4.78 is 14.2. The Morgan fingerprint density at radius 1 is 1.20 bits per heavy atom. The third kappa shape index (κ3) is 3.90. The highest BCUT2D eigenvalue weighted by Gasteiger charge is 2.14. The number of benzene rings is 1. The van der Waals surface area contributed by atoms with Crippen LogP contribution < -0.4 is 5.32 Å². The molecule has 0 radical (unpaired) electrons. The molecule has 0 aliphatic heterocycles. The van der Waals surface area contributed by atoms with Crippen LogP contribution in [0.25, 0.3) is 0 Å². The molecule has 0 saturated carbocycles. The topological polar surface area (TPSA) is 12.0 Å². The van der Waals surface area contributed by atoms with Gasteiger partial charge in [0.15, 0.2) is 0 Å². The first-order chi connectivity index (χ1) is 9.63. The quantitative estimate of drug-likeness (QED) is 0.759. The molecule has 1 N–H and O–H groups in total. The fourth-order valence-corrected chi connectivity index (χ4v) is 3.46. The van der Waals surface area contributed by atoms with Gasteiger partial charge in [-0.3, -0.25) is 0 Å². The molecule has 1 nitrogen and oxygen atoms in total. The Balaban J connectivity index is 2.19. The molecule has 1 aromatic heterocycles. The summed E-state index contributed by atoms with van der Waals surface area (Å²) in [5, 5.41) is 3.45.